The Morgan fingerprint density at radius 2 is 2.04 bits per heavy atom. The van der Waals surface area contributed by atoms with Crippen molar-refractivity contribution in [2.45, 2.75) is 38.6 Å². The Morgan fingerprint density at radius 1 is 1.28 bits per heavy atom. The lowest BCUT2D eigenvalue weighted by Crippen LogP contribution is -2.48. The van der Waals surface area contributed by atoms with Crippen LogP contribution in [0.25, 0.3) is 10.9 Å². The van der Waals surface area contributed by atoms with Crippen LogP contribution < -0.4 is 10.6 Å². The molecule has 0 radical (unpaired) electrons. The van der Waals surface area contributed by atoms with Crippen molar-refractivity contribution < 1.29 is 9.59 Å². The normalized spacial score (nSPS) is 15.4. The molecule has 1 aliphatic rings. The Balaban J connectivity index is 1.52. The molecule has 0 spiro atoms. The van der Waals surface area contributed by atoms with E-state index in [1.807, 2.05) is 17.2 Å². The van der Waals surface area contributed by atoms with E-state index in [4.69, 9.17) is 0 Å². The van der Waals surface area contributed by atoms with Crippen molar-refractivity contribution in [1.82, 2.24) is 20.5 Å². The summed E-state index contributed by atoms with van der Waals surface area (Å²) in [5, 5.41) is 6.72. The highest BCUT2D eigenvalue weighted by atomic mass is 16.2. The van der Waals surface area contributed by atoms with Gasteiger partial charge in [-0.1, -0.05) is 12.1 Å². The molecular formula is C19H26N4O2. The summed E-state index contributed by atoms with van der Waals surface area (Å²) in [7, 11) is 1.61. The molecule has 3 rings (SSSR count). The number of piperidine rings is 1. The molecule has 0 saturated carbocycles. The average molecular weight is 342 g/mol. The summed E-state index contributed by atoms with van der Waals surface area (Å²) in [4.78, 5) is 29.1. The zero-order valence-electron chi connectivity index (χ0n) is 14.9. The molecule has 6 heteroatoms. The van der Waals surface area contributed by atoms with E-state index in [1.165, 1.54) is 16.5 Å². The van der Waals surface area contributed by atoms with E-state index >= 15 is 0 Å². The molecule has 0 bridgehead atoms. The monoisotopic (exact) mass is 342 g/mol. The lowest BCUT2D eigenvalue weighted by Gasteiger charge is -2.32. The number of aromatic amines is 1. The molecular weight excluding hydrogens is 316 g/mol. The van der Waals surface area contributed by atoms with Crippen LogP contribution in [0.15, 0.2) is 24.4 Å². The average Bonchev–Trinajstić information content (AvgIpc) is 3.04. The zero-order valence-corrected chi connectivity index (χ0v) is 14.9. The third-order valence-electron chi connectivity index (χ3n) is 5.01. The number of nitrogens with one attached hydrogen (secondary N) is 3. The molecule has 2 aromatic rings. The number of carbonyl (C=O) groups excluding carboxylic acids is 2. The standard InChI is InChI=1S/C19H26N4O2/c1-13-4-3-5-16-18(13)14(12-21-16)6-7-17(24)23-10-8-15(9-11-23)22-19(25)20-2/h3-5,12,15,21H,6-11H2,1-2H3,(H2,20,22,25). The van der Waals surface area contributed by atoms with E-state index in [1.54, 1.807) is 7.05 Å². The second-order valence-electron chi connectivity index (χ2n) is 6.69. The molecule has 0 atom stereocenters. The Bertz CT molecular complexity index is 760. The van der Waals surface area contributed by atoms with Gasteiger partial charge in [-0.05, 0) is 43.4 Å². The van der Waals surface area contributed by atoms with Gasteiger partial charge in [-0.15, -0.1) is 0 Å². The highest BCUT2D eigenvalue weighted by molar-refractivity contribution is 5.87. The molecule has 1 aromatic heterocycles. The number of carbonyl (C=O) groups is 2. The fourth-order valence-corrected chi connectivity index (χ4v) is 3.58. The van der Waals surface area contributed by atoms with Crippen LogP contribution in [0.1, 0.15) is 30.4 Å². The predicted molar refractivity (Wildman–Crippen MR) is 98.6 cm³/mol. The van der Waals surface area contributed by atoms with Crippen molar-refractivity contribution in [1.29, 1.82) is 0 Å². The van der Waals surface area contributed by atoms with Crippen LogP contribution in [0.3, 0.4) is 0 Å². The Hall–Kier alpha value is -2.50. The highest BCUT2D eigenvalue weighted by Gasteiger charge is 2.23. The molecule has 3 N–H and O–H groups in total. The van der Waals surface area contributed by atoms with Gasteiger partial charge in [0.15, 0.2) is 0 Å². The quantitative estimate of drug-likeness (QED) is 0.797. The molecule has 3 amide bonds. The number of aromatic nitrogens is 1. The van der Waals surface area contributed by atoms with E-state index in [0.717, 1.165) is 24.8 Å². The van der Waals surface area contributed by atoms with E-state index in [9.17, 15) is 9.59 Å². The number of nitrogens with zero attached hydrogens (tertiary/aromatic N) is 1. The van der Waals surface area contributed by atoms with E-state index in [0.29, 0.717) is 19.5 Å². The summed E-state index contributed by atoms with van der Waals surface area (Å²) in [6, 6.07) is 6.21. The number of likely N-dealkylation sites (tertiary alicyclic amines) is 1. The maximum atomic E-state index is 12.5. The minimum Gasteiger partial charge on any atom is -0.361 e. The summed E-state index contributed by atoms with van der Waals surface area (Å²) >= 11 is 0. The van der Waals surface area contributed by atoms with Gasteiger partial charge in [0.05, 0.1) is 0 Å². The number of hydrogen-bond acceptors (Lipinski definition) is 2. The van der Waals surface area contributed by atoms with Gasteiger partial charge in [-0.2, -0.15) is 0 Å². The number of hydrogen-bond donors (Lipinski definition) is 3. The van der Waals surface area contributed by atoms with Gasteiger partial charge < -0.3 is 20.5 Å². The Labute approximate surface area is 148 Å². The molecule has 134 valence electrons. The van der Waals surface area contributed by atoms with Crippen molar-refractivity contribution >= 4 is 22.8 Å². The largest absolute Gasteiger partial charge is 0.361 e. The topological polar surface area (TPSA) is 77.2 Å². The van der Waals surface area contributed by atoms with Gasteiger partial charge in [0.2, 0.25) is 5.91 Å². The number of rotatable bonds is 4. The first-order valence-electron chi connectivity index (χ1n) is 8.90. The number of H-pyrrole nitrogens is 1. The fraction of sp³-hybridized carbons (Fsp3) is 0.474. The van der Waals surface area contributed by atoms with Crippen LogP contribution in [-0.2, 0) is 11.2 Å². The van der Waals surface area contributed by atoms with Crippen LogP contribution in [0.2, 0.25) is 0 Å². The van der Waals surface area contributed by atoms with E-state index in [2.05, 4.69) is 34.7 Å². The number of fused-ring (bicyclic) bond motifs is 1. The van der Waals surface area contributed by atoms with Crippen molar-refractivity contribution in [3.05, 3.63) is 35.5 Å². The van der Waals surface area contributed by atoms with Gasteiger partial charge in [0, 0.05) is 49.7 Å². The third kappa shape index (κ3) is 3.95. The van der Waals surface area contributed by atoms with E-state index in [-0.39, 0.29) is 18.0 Å². The number of aryl methyl sites for hydroxylation is 2. The van der Waals surface area contributed by atoms with Crippen molar-refractivity contribution in [2.75, 3.05) is 20.1 Å². The van der Waals surface area contributed by atoms with Crippen LogP contribution in [0, 0.1) is 6.92 Å². The van der Waals surface area contributed by atoms with Crippen LogP contribution >= 0.6 is 0 Å². The first kappa shape index (κ1) is 17.3. The number of urea groups is 1. The van der Waals surface area contributed by atoms with Crippen molar-refractivity contribution in [3.8, 4) is 0 Å². The maximum Gasteiger partial charge on any atom is 0.314 e. The lowest BCUT2D eigenvalue weighted by molar-refractivity contribution is -0.132. The molecule has 1 aromatic carbocycles. The summed E-state index contributed by atoms with van der Waals surface area (Å²) in [5.41, 5.74) is 3.57. The van der Waals surface area contributed by atoms with Crippen molar-refractivity contribution in [3.63, 3.8) is 0 Å². The Morgan fingerprint density at radius 3 is 2.76 bits per heavy atom. The van der Waals surface area contributed by atoms with Crippen LogP contribution in [-0.4, -0.2) is 48.0 Å². The van der Waals surface area contributed by atoms with Crippen LogP contribution in [0.4, 0.5) is 4.79 Å². The summed E-state index contributed by atoms with van der Waals surface area (Å²) in [6.45, 7) is 3.52. The van der Waals surface area contributed by atoms with Crippen LogP contribution in [0.5, 0.6) is 0 Å². The lowest BCUT2D eigenvalue weighted by atomic mass is 10.0. The molecule has 1 fully saturated rings. The minimum absolute atomic E-state index is 0.153. The summed E-state index contributed by atoms with van der Waals surface area (Å²) in [6.07, 6.45) is 4.91. The number of benzene rings is 1. The Kier molecular flexibility index (Phi) is 5.26. The smallest absolute Gasteiger partial charge is 0.314 e. The third-order valence-corrected chi connectivity index (χ3v) is 5.01. The maximum absolute atomic E-state index is 12.5. The molecule has 1 aliphatic heterocycles. The molecule has 25 heavy (non-hydrogen) atoms. The van der Waals surface area contributed by atoms with Gasteiger partial charge in [0.1, 0.15) is 0 Å². The molecule has 0 aliphatic carbocycles. The van der Waals surface area contributed by atoms with Gasteiger partial charge in [-0.3, -0.25) is 4.79 Å². The summed E-state index contributed by atoms with van der Waals surface area (Å²) < 4.78 is 0. The second-order valence-corrected chi connectivity index (χ2v) is 6.69. The van der Waals surface area contributed by atoms with Crippen molar-refractivity contribution in [2.24, 2.45) is 0 Å². The highest BCUT2D eigenvalue weighted by Crippen LogP contribution is 2.23. The molecule has 2 heterocycles. The minimum atomic E-state index is -0.153. The summed E-state index contributed by atoms with van der Waals surface area (Å²) in [5.74, 6) is 0.196. The first-order valence-corrected chi connectivity index (χ1v) is 8.90. The first-order chi connectivity index (χ1) is 12.1. The SMILES string of the molecule is CNC(=O)NC1CCN(C(=O)CCc2c[nH]c3cccc(C)c23)CC1. The molecule has 6 nitrogen and oxygen atoms in total. The van der Waals surface area contributed by atoms with E-state index < -0.39 is 0 Å². The fourth-order valence-electron chi connectivity index (χ4n) is 3.58. The number of amides is 3. The molecule has 0 unspecified atom stereocenters. The van der Waals surface area contributed by atoms with Gasteiger partial charge >= 0.3 is 6.03 Å². The van der Waals surface area contributed by atoms with Gasteiger partial charge in [-0.25, -0.2) is 4.79 Å². The predicted octanol–water partition coefficient (Wildman–Crippen LogP) is 2.33. The second kappa shape index (κ2) is 7.59. The van der Waals surface area contributed by atoms with Gasteiger partial charge in [0.25, 0.3) is 0 Å². The zero-order chi connectivity index (χ0) is 17.8. The molecule has 1 saturated heterocycles.